The molecule has 2 N–H and O–H groups in total. The molecular formula is C18H18ClN3O2S. The van der Waals surface area contributed by atoms with E-state index in [1.54, 1.807) is 24.3 Å². The normalized spacial score (nSPS) is 31.6. The lowest BCUT2D eigenvalue weighted by Gasteiger charge is -2.13. The standard InChI is InChI=1S/C18H18ClN3O2S/c19-12-3-1-2-4-13(12)20-16(23)9-15-17(24)22-18(25-15)21-14-8-10-5-6-11(14)7-10/h1-6,10-11,14-15H,7-9H2,(H,20,23)(H,21,22,24)/t10-,11-,14+,15-/m0/s1. The molecule has 7 heteroatoms. The minimum Gasteiger partial charge on any atom is -0.325 e. The maximum Gasteiger partial charge on any atom is 0.240 e. The van der Waals surface area contributed by atoms with Crippen LogP contribution >= 0.6 is 23.4 Å². The average molecular weight is 376 g/mol. The molecule has 1 heterocycles. The van der Waals surface area contributed by atoms with Crippen molar-refractivity contribution in [2.24, 2.45) is 16.8 Å². The number of thioether (sulfide) groups is 1. The molecular weight excluding hydrogens is 358 g/mol. The fraction of sp³-hybridized carbons (Fsp3) is 0.389. The first kappa shape index (κ1) is 16.7. The number of halogens is 1. The minimum atomic E-state index is -0.449. The van der Waals surface area contributed by atoms with Gasteiger partial charge in [0, 0.05) is 6.42 Å². The summed E-state index contributed by atoms with van der Waals surface area (Å²) >= 11 is 7.39. The molecule has 1 aromatic rings. The van der Waals surface area contributed by atoms with Crippen molar-refractivity contribution < 1.29 is 9.59 Å². The Morgan fingerprint density at radius 2 is 2.16 bits per heavy atom. The fourth-order valence-corrected chi connectivity index (χ4v) is 4.79. The molecule has 5 nitrogen and oxygen atoms in total. The van der Waals surface area contributed by atoms with E-state index in [9.17, 15) is 9.59 Å². The van der Waals surface area contributed by atoms with E-state index in [2.05, 4.69) is 22.8 Å². The Labute approximate surface area is 155 Å². The van der Waals surface area contributed by atoms with Crippen LogP contribution in [-0.4, -0.2) is 28.3 Å². The van der Waals surface area contributed by atoms with Crippen molar-refractivity contribution in [3.8, 4) is 0 Å². The number of amidine groups is 1. The van der Waals surface area contributed by atoms with Crippen molar-refractivity contribution in [1.29, 1.82) is 0 Å². The third-order valence-electron chi connectivity index (χ3n) is 4.82. The topological polar surface area (TPSA) is 70.6 Å². The highest BCUT2D eigenvalue weighted by Gasteiger charge is 2.38. The van der Waals surface area contributed by atoms with Crippen LogP contribution in [0.5, 0.6) is 0 Å². The lowest BCUT2D eigenvalue weighted by molar-refractivity contribution is -0.122. The van der Waals surface area contributed by atoms with Gasteiger partial charge in [0.05, 0.1) is 16.8 Å². The van der Waals surface area contributed by atoms with E-state index in [-0.39, 0.29) is 24.3 Å². The number of hydrogen-bond acceptors (Lipinski definition) is 4. The molecule has 2 fully saturated rings. The van der Waals surface area contributed by atoms with Gasteiger partial charge in [-0.15, -0.1) is 0 Å². The maximum atomic E-state index is 12.2. The molecule has 0 unspecified atom stereocenters. The van der Waals surface area contributed by atoms with E-state index in [4.69, 9.17) is 16.6 Å². The Morgan fingerprint density at radius 1 is 1.32 bits per heavy atom. The van der Waals surface area contributed by atoms with E-state index < -0.39 is 5.25 Å². The molecule has 130 valence electrons. The SMILES string of the molecule is O=C(C[C@@H]1SC(=N[C@@H]2C[C@H]3C=C[C@H]2C3)NC1=O)Nc1ccccc1Cl. The van der Waals surface area contributed by atoms with Crippen LogP contribution in [-0.2, 0) is 9.59 Å². The highest BCUT2D eigenvalue weighted by atomic mass is 35.5. The highest BCUT2D eigenvalue weighted by Crippen LogP contribution is 2.41. The number of fused-ring (bicyclic) bond motifs is 2. The largest absolute Gasteiger partial charge is 0.325 e. The number of anilines is 1. The van der Waals surface area contributed by atoms with Crippen molar-refractivity contribution in [1.82, 2.24) is 5.32 Å². The van der Waals surface area contributed by atoms with Crippen LogP contribution in [0, 0.1) is 11.8 Å². The number of nitrogens with zero attached hydrogens (tertiary/aromatic N) is 1. The molecule has 2 bridgehead atoms. The average Bonchev–Trinajstić information content (AvgIpc) is 3.27. The number of aliphatic imine (C=N–C) groups is 1. The molecule has 3 aliphatic rings. The zero-order valence-corrected chi connectivity index (χ0v) is 15.0. The summed E-state index contributed by atoms with van der Waals surface area (Å²) in [6.07, 6.45) is 6.82. The van der Waals surface area contributed by atoms with Gasteiger partial charge in [-0.3, -0.25) is 14.6 Å². The van der Waals surface area contributed by atoms with Crippen molar-refractivity contribution in [2.75, 3.05) is 5.32 Å². The minimum absolute atomic E-state index is 0.0946. The molecule has 1 saturated heterocycles. The molecule has 4 rings (SSSR count). The van der Waals surface area contributed by atoms with E-state index >= 15 is 0 Å². The number of amides is 2. The number of carbonyl (C=O) groups excluding carboxylic acids is 2. The van der Waals surface area contributed by atoms with Gasteiger partial charge in [-0.25, -0.2) is 0 Å². The Morgan fingerprint density at radius 3 is 2.88 bits per heavy atom. The number of rotatable bonds is 4. The quantitative estimate of drug-likeness (QED) is 0.794. The van der Waals surface area contributed by atoms with Gasteiger partial charge in [-0.1, -0.05) is 47.6 Å². The van der Waals surface area contributed by atoms with E-state index in [1.165, 1.54) is 18.2 Å². The third-order valence-corrected chi connectivity index (χ3v) is 6.25. The Bertz CT molecular complexity index is 779. The van der Waals surface area contributed by atoms with Gasteiger partial charge in [0.25, 0.3) is 0 Å². The summed E-state index contributed by atoms with van der Waals surface area (Å²) in [7, 11) is 0. The Hall–Kier alpha value is -1.79. The third kappa shape index (κ3) is 3.60. The second-order valence-corrected chi connectivity index (χ2v) is 8.21. The van der Waals surface area contributed by atoms with Crippen molar-refractivity contribution >= 4 is 46.0 Å². The lowest BCUT2D eigenvalue weighted by atomic mass is 10.0. The van der Waals surface area contributed by atoms with Crippen molar-refractivity contribution in [3.05, 3.63) is 41.4 Å². The first-order valence-corrected chi connectivity index (χ1v) is 9.62. The van der Waals surface area contributed by atoms with Crippen LogP contribution in [0.3, 0.4) is 0 Å². The van der Waals surface area contributed by atoms with Gasteiger partial charge in [0.2, 0.25) is 11.8 Å². The van der Waals surface area contributed by atoms with Gasteiger partial charge in [-0.2, -0.15) is 0 Å². The summed E-state index contributed by atoms with van der Waals surface area (Å²) in [5.41, 5.74) is 0.556. The first-order chi connectivity index (χ1) is 12.1. The number of nitrogens with one attached hydrogen (secondary N) is 2. The van der Waals surface area contributed by atoms with Crippen LogP contribution in [0.15, 0.2) is 41.4 Å². The predicted octanol–water partition coefficient (Wildman–Crippen LogP) is 3.22. The van der Waals surface area contributed by atoms with Gasteiger partial charge in [0.15, 0.2) is 5.17 Å². The molecule has 0 aromatic heterocycles. The van der Waals surface area contributed by atoms with E-state index in [0.29, 0.717) is 27.7 Å². The van der Waals surface area contributed by atoms with E-state index in [1.807, 2.05) is 0 Å². The zero-order chi connectivity index (χ0) is 17.4. The van der Waals surface area contributed by atoms with E-state index in [0.717, 1.165) is 6.42 Å². The summed E-state index contributed by atoms with van der Waals surface area (Å²) in [5.74, 6) is 0.748. The monoisotopic (exact) mass is 375 g/mol. The molecule has 2 aliphatic carbocycles. The van der Waals surface area contributed by atoms with Gasteiger partial charge in [-0.05, 0) is 36.8 Å². The number of hydrogen-bond donors (Lipinski definition) is 2. The Balaban J connectivity index is 1.35. The predicted molar refractivity (Wildman–Crippen MR) is 101 cm³/mol. The van der Waals surface area contributed by atoms with Crippen molar-refractivity contribution in [2.45, 2.75) is 30.6 Å². The number of allylic oxidation sites excluding steroid dienone is 1. The molecule has 1 saturated carbocycles. The molecule has 0 radical (unpaired) electrons. The smallest absolute Gasteiger partial charge is 0.240 e. The maximum absolute atomic E-state index is 12.2. The summed E-state index contributed by atoms with van der Waals surface area (Å²) in [6, 6.07) is 7.30. The number of para-hydroxylation sites is 1. The van der Waals surface area contributed by atoms with Gasteiger partial charge < -0.3 is 10.6 Å². The lowest BCUT2D eigenvalue weighted by Crippen LogP contribution is -2.28. The van der Waals surface area contributed by atoms with Gasteiger partial charge >= 0.3 is 0 Å². The first-order valence-electron chi connectivity index (χ1n) is 8.36. The zero-order valence-electron chi connectivity index (χ0n) is 13.4. The van der Waals surface area contributed by atoms with Crippen LogP contribution in [0.1, 0.15) is 19.3 Å². The van der Waals surface area contributed by atoms with Crippen LogP contribution in [0.4, 0.5) is 5.69 Å². The summed E-state index contributed by atoms with van der Waals surface area (Å²) in [5, 5.41) is 6.24. The second-order valence-electron chi connectivity index (χ2n) is 6.61. The molecule has 1 aliphatic heterocycles. The van der Waals surface area contributed by atoms with Crippen LogP contribution in [0.25, 0.3) is 0 Å². The molecule has 0 spiro atoms. The summed E-state index contributed by atoms with van der Waals surface area (Å²) < 4.78 is 0. The molecule has 4 atom stereocenters. The number of carbonyl (C=O) groups is 2. The van der Waals surface area contributed by atoms with Crippen LogP contribution in [0.2, 0.25) is 5.02 Å². The van der Waals surface area contributed by atoms with Crippen molar-refractivity contribution in [3.63, 3.8) is 0 Å². The highest BCUT2D eigenvalue weighted by molar-refractivity contribution is 8.15. The molecule has 25 heavy (non-hydrogen) atoms. The Kier molecular flexibility index (Phi) is 4.56. The second kappa shape index (κ2) is 6.84. The number of benzene rings is 1. The molecule has 2 amide bonds. The summed E-state index contributed by atoms with van der Waals surface area (Å²) in [4.78, 5) is 29.1. The van der Waals surface area contributed by atoms with Gasteiger partial charge in [0.1, 0.15) is 5.25 Å². The molecule has 1 aromatic carbocycles. The fourth-order valence-electron chi connectivity index (χ4n) is 3.58. The van der Waals surface area contributed by atoms with Crippen LogP contribution < -0.4 is 10.6 Å². The summed E-state index contributed by atoms with van der Waals surface area (Å²) in [6.45, 7) is 0.